The molecule has 0 fully saturated rings. The Labute approximate surface area is 142 Å². The summed E-state index contributed by atoms with van der Waals surface area (Å²) in [5.41, 5.74) is 0.470. The summed E-state index contributed by atoms with van der Waals surface area (Å²) in [7, 11) is 0. The average molecular weight is 344 g/mol. The van der Waals surface area contributed by atoms with E-state index in [4.69, 9.17) is 14.2 Å². The summed E-state index contributed by atoms with van der Waals surface area (Å²) in [4.78, 5) is 3.90. The maximum absolute atomic E-state index is 14.0. The Morgan fingerprint density at radius 1 is 1.04 bits per heavy atom. The molecule has 25 heavy (non-hydrogen) atoms. The van der Waals surface area contributed by atoms with Crippen molar-refractivity contribution in [2.45, 2.75) is 0 Å². The van der Waals surface area contributed by atoms with E-state index >= 15 is 0 Å². The summed E-state index contributed by atoms with van der Waals surface area (Å²) < 4.78 is 43.9. The first kappa shape index (κ1) is 15.4. The Kier molecular flexibility index (Phi) is 3.97. The summed E-state index contributed by atoms with van der Waals surface area (Å²) in [5, 5.41) is 3.18. The molecular weight excluding hydrogens is 330 g/mol. The highest BCUT2D eigenvalue weighted by atomic mass is 19.1. The van der Waals surface area contributed by atoms with E-state index < -0.39 is 11.6 Å². The molecule has 0 saturated heterocycles. The molecule has 2 aromatic carbocycles. The normalized spacial score (nSPS) is 12.4. The fourth-order valence-electron chi connectivity index (χ4n) is 2.66. The van der Waals surface area contributed by atoms with Crippen molar-refractivity contribution in [3.63, 3.8) is 0 Å². The Morgan fingerprint density at radius 3 is 2.80 bits per heavy atom. The molecule has 1 aliphatic heterocycles. The van der Waals surface area contributed by atoms with Crippen LogP contribution in [0.4, 0.5) is 14.5 Å². The van der Waals surface area contributed by atoms with Crippen LogP contribution in [0.15, 0.2) is 42.6 Å². The fraction of sp³-hybridized carbons (Fsp3) is 0.167. The highest BCUT2D eigenvalue weighted by molar-refractivity contribution is 5.91. The fourth-order valence-corrected chi connectivity index (χ4v) is 2.66. The van der Waals surface area contributed by atoms with Crippen molar-refractivity contribution in [3.8, 4) is 17.2 Å². The summed E-state index contributed by atoms with van der Waals surface area (Å²) in [6.45, 7) is 0.946. The average Bonchev–Trinajstić information content (AvgIpc) is 3.10. The Hall–Kier alpha value is -3.09. The van der Waals surface area contributed by atoms with E-state index in [2.05, 4.69) is 10.3 Å². The zero-order valence-corrected chi connectivity index (χ0v) is 13.1. The Balaban J connectivity index is 1.42. The van der Waals surface area contributed by atoms with Gasteiger partial charge in [-0.15, -0.1) is 0 Å². The van der Waals surface area contributed by atoms with Crippen LogP contribution >= 0.6 is 0 Å². The molecule has 1 aliphatic rings. The van der Waals surface area contributed by atoms with Gasteiger partial charge in [0, 0.05) is 24.5 Å². The van der Waals surface area contributed by atoms with Crippen LogP contribution in [-0.2, 0) is 0 Å². The van der Waals surface area contributed by atoms with Gasteiger partial charge in [-0.2, -0.15) is 0 Å². The van der Waals surface area contributed by atoms with Crippen LogP contribution in [0, 0.1) is 11.6 Å². The summed E-state index contributed by atoms with van der Waals surface area (Å²) in [6, 6.07) is 9.07. The number of anilines is 1. The molecule has 0 atom stereocenters. The molecule has 7 heteroatoms. The Morgan fingerprint density at radius 2 is 1.88 bits per heavy atom. The number of nitrogens with zero attached hydrogens (tertiary/aromatic N) is 1. The van der Waals surface area contributed by atoms with E-state index in [9.17, 15) is 8.78 Å². The molecule has 3 aromatic rings. The topological polar surface area (TPSA) is 52.6 Å². The van der Waals surface area contributed by atoms with Gasteiger partial charge >= 0.3 is 0 Å². The number of halogens is 2. The van der Waals surface area contributed by atoms with E-state index in [0.29, 0.717) is 36.1 Å². The predicted molar refractivity (Wildman–Crippen MR) is 88.2 cm³/mol. The quantitative estimate of drug-likeness (QED) is 0.715. The van der Waals surface area contributed by atoms with Crippen LogP contribution in [0.25, 0.3) is 10.9 Å². The zero-order chi connectivity index (χ0) is 17.2. The highest BCUT2D eigenvalue weighted by Crippen LogP contribution is 2.35. The second kappa shape index (κ2) is 6.43. The van der Waals surface area contributed by atoms with Gasteiger partial charge in [0.1, 0.15) is 29.5 Å². The number of hydrogen-bond acceptors (Lipinski definition) is 5. The van der Waals surface area contributed by atoms with Gasteiger partial charge in [0.2, 0.25) is 6.79 Å². The third-order valence-electron chi connectivity index (χ3n) is 3.82. The van der Waals surface area contributed by atoms with E-state index in [1.807, 2.05) is 0 Å². The predicted octanol–water partition coefficient (Wildman–Crippen LogP) is 3.73. The zero-order valence-electron chi connectivity index (χ0n) is 13.1. The van der Waals surface area contributed by atoms with Crippen molar-refractivity contribution in [1.29, 1.82) is 0 Å². The molecule has 0 radical (unpaired) electrons. The van der Waals surface area contributed by atoms with E-state index in [1.54, 1.807) is 24.3 Å². The number of ether oxygens (including phenoxy) is 3. The van der Waals surface area contributed by atoms with Crippen molar-refractivity contribution in [3.05, 3.63) is 54.2 Å². The second-order valence-electron chi connectivity index (χ2n) is 5.40. The van der Waals surface area contributed by atoms with Gasteiger partial charge in [0.15, 0.2) is 11.5 Å². The number of pyridine rings is 1. The maximum atomic E-state index is 14.0. The molecule has 0 unspecified atom stereocenters. The molecule has 1 N–H and O–H groups in total. The largest absolute Gasteiger partial charge is 0.492 e. The first-order valence-electron chi connectivity index (χ1n) is 7.71. The lowest BCUT2D eigenvalue weighted by molar-refractivity contribution is 0.174. The van der Waals surface area contributed by atoms with Crippen LogP contribution in [-0.4, -0.2) is 24.9 Å². The molecule has 0 saturated carbocycles. The minimum atomic E-state index is -0.559. The van der Waals surface area contributed by atoms with Crippen LogP contribution in [0.5, 0.6) is 17.2 Å². The standard InChI is InChI=1S/C18H14F2N2O3/c19-12-2-3-13(20)18-17(12)14(5-6-22-18)21-7-8-23-11-1-4-15-16(9-11)25-10-24-15/h1-6,9H,7-8,10H2,(H,21,22). The lowest BCUT2D eigenvalue weighted by Crippen LogP contribution is -2.12. The van der Waals surface area contributed by atoms with Crippen LogP contribution in [0.1, 0.15) is 0 Å². The van der Waals surface area contributed by atoms with Crippen LogP contribution in [0.2, 0.25) is 0 Å². The van der Waals surface area contributed by atoms with Gasteiger partial charge in [-0.05, 0) is 30.3 Å². The van der Waals surface area contributed by atoms with Gasteiger partial charge < -0.3 is 19.5 Å². The molecule has 0 bridgehead atoms. The van der Waals surface area contributed by atoms with Crippen molar-refractivity contribution in [2.75, 3.05) is 25.3 Å². The molecule has 128 valence electrons. The molecule has 0 aliphatic carbocycles. The minimum Gasteiger partial charge on any atom is -0.492 e. The number of rotatable bonds is 5. The SMILES string of the molecule is Fc1ccc(F)c2c(NCCOc3ccc4c(c3)OCO4)ccnc12. The monoisotopic (exact) mass is 344 g/mol. The molecule has 5 nitrogen and oxygen atoms in total. The number of benzene rings is 2. The first-order chi connectivity index (χ1) is 12.2. The van der Waals surface area contributed by atoms with E-state index in [0.717, 1.165) is 12.1 Å². The lowest BCUT2D eigenvalue weighted by Gasteiger charge is -2.11. The molecular formula is C18H14F2N2O3. The molecule has 2 heterocycles. The third-order valence-corrected chi connectivity index (χ3v) is 3.82. The lowest BCUT2D eigenvalue weighted by atomic mass is 10.1. The molecule has 0 amide bonds. The van der Waals surface area contributed by atoms with Crippen LogP contribution in [0.3, 0.4) is 0 Å². The van der Waals surface area contributed by atoms with Gasteiger partial charge in [-0.1, -0.05) is 0 Å². The van der Waals surface area contributed by atoms with Crippen molar-refractivity contribution in [2.24, 2.45) is 0 Å². The second-order valence-corrected chi connectivity index (χ2v) is 5.40. The van der Waals surface area contributed by atoms with Crippen LogP contribution < -0.4 is 19.5 Å². The molecule has 4 rings (SSSR count). The van der Waals surface area contributed by atoms with Crippen molar-refractivity contribution < 1.29 is 23.0 Å². The molecule has 0 spiro atoms. The highest BCUT2D eigenvalue weighted by Gasteiger charge is 2.14. The molecule has 1 aromatic heterocycles. The van der Waals surface area contributed by atoms with Crippen molar-refractivity contribution in [1.82, 2.24) is 4.98 Å². The minimum absolute atomic E-state index is 0.00156. The van der Waals surface area contributed by atoms with Gasteiger partial charge in [-0.3, -0.25) is 4.98 Å². The summed E-state index contributed by atoms with van der Waals surface area (Å²) in [5.74, 6) is 0.887. The van der Waals surface area contributed by atoms with Gasteiger partial charge in [-0.25, -0.2) is 8.78 Å². The number of hydrogen-bond donors (Lipinski definition) is 1. The maximum Gasteiger partial charge on any atom is 0.231 e. The Bertz CT molecular complexity index is 934. The van der Waals surface area contributed by atoms with E-state index in [-0.39, 0.29) is 17.7 Å². The smallest absolute Gasteiger partial charge is 0.231 e. The summed E-state index contributed by atoms with van der Waals surface area (Å²) >= 11 is 0. The third kappa shape index (κ3) is 3.00. The number of aromatic nitrogens is 1. The first-order valence-corrected chi connectivity index (χ1v) is 7.71. The van der Waals surface area contributed by atoms with E-state index in [1.165, 1.54) is 6.20 Å². The van der Waals surface area contributed by atoms with Gasteiger partial charge in [0.25, 0.3) is 0 Å². The van der Waals surface area contributed by atoms with Gasteiger partial charge in [0.05, 0.1) is 5.39 Å². The summed E-state index contributed by atoms with van der Waals surface area (Å²) in [6.07, 6.45) is 1.44. The number of fused-ring (bicyclic) bond motifs is 2. The number of nitrogens with one attached hydrogen (secondary N) is 1. The van der Waals surface area contributed by atoms with Crippen molar-refractivity contribution >= 4 is 16.6 Å².